The van der Waals surface area contributed by atoms with E-state index in [2.05, 4.69) is 32.7 Å². The van der Waals surface area contributed by atoms with E-state index in [-0.39, 0.29) is 0 Å². The van der Waals surface area contributed by atoms with Crippen LogP contribution in [0.25, 0.3) is 27.8 Å². The van der Waals surface area contributed by atoms with Crippen molar-refractivity contribution in [3.8, 4) is 16.9 Å². The molecule has 0 amide bonds. The maximum atomic E-state index is 6.11. The molecule has 0 aliphatic heterocycles. The van der Waals surface area contributed by atoms with Crippen molar-refractivity contribution in [2.75, 3.05) is 5.73 Å². The molecule has 0 atom stereocenters. The number of alkyl halides is 1. The maximum absolute atomic E-state index is 6.11. The van der Waals surface area contributed by atoms with E-state index in [0.717, 1.165) is 33.4 Å². The Hall–Kier alpha value is -2.85. The van der Waals surface area contributed by atoms with Gasteiger partial charge < -0.3 is 10.3 Å². The summed E-state index contributed by atoms with van der Waals surface area (Å²) in [7, 11) is 0. The lowest BCUT2D eigenvalue weighted by Crippen LogP contribution is -2.00. The zero-order valence-corrected chi connectivity index (χ0v) is 13.6. The predicted molar refractivity (Wildman–Crippen MR) is 98.3 cm³/mol. The first kappa shape index (κ1) is 14.7. The van der Waals surface area contributed by atoms with Crippen molar-refractivity contribution < 1.29 is 0 Å². The number of rotatable bonds is 3. The second-order valence-electron chi connectivity index (χ2n) is 5.54. The molecule has 0 spiro atoms. The summed E-state index contributed by atoms with van der Waals surface area (Å²) in [6.45, 7) is 0. The average Bonchev–Trinajstić information content (AvgIpc) is 3.01. The maximum Gasteiger partial charge on any atom is 0.132 e. The van der Waals surface area contributed by atoms with Crippen LogP contribution in [-0.2, 0) is 5.88 Å². The Balaban J connectivity index is 2.01. The van der Waals surface area contributed by atoms with E-state index in [1.807, 2.05) is 36.5 Å². The molecular weight excluding hydrogens is 320 g/mol. The van der Waals surface area contributed by atoms with E-state index in [4.69, 9.17) is 17.3 Å². The summed E-state index contributed by atoms with van der Waals surface area (Å²) in [5.41, 5.74) is 11.2. The lowest BCUT2D eigenvalue weighted by atomic mass is 10.1. The van der Waals surface area contributed by atoms with E-state index in [9.17, 15) is 0 Å². The van der Waals surface area contributed by atoms with Gasteiger partial charge in [-0.1, -0.05) is 12.1 Å². The summed E-state index contributed by atoms with van der Waals surface area (Å²) >= 11 is 5.91. The van der Waals surface area contributed by atoms with Gasteiger partial charge in [-0.2, -0.15) is 0 Å². The zero-order chi connectivity index (χ0) is 16.5. The van der Waals surface area contributed by atoms with Gasteiger partial charge in [0.25, 0.3) is 0 Å². The number of hydrogen-bond acceptors (Lipinski definition) is 3. The first-order valence-corrected chi connectivity index (χ1v) is 8.13. The van der Waals surface area contributed by atoms with Crippen LogP contribution in [0.5, 0.6) is 0 Å². The molecule has 118 valence electrons. The van der Waals surface area contributed by atoms with E-state index in [1.54, 1.807) is 12.4 Å². The number of anilines is 1. The van der Waals surface area contributed by atoms with E-state index in [1.165, 1.54) is 0 Å². The second kappa shape index (κ2) is 5.98. The molecule has 3 heterocycles. The Morgan fingerprint density at radius 3 is 2.62 bits per heavy atom. The second-order valence-corrected chi connectivity index (χ2v) is 5.80. The molecule has 2 N–H and O–H groups in total. The van der Waals surface area contributed by atoms with Crippen LogP contribution in [0.4, 0.5) is 5.82 Å². The summed E-state index contributed by atoms with van der Waals surface area (Å²) in [4.78, 5) is 8.45. The molecule has 5 heteroatoms. The molecule has 0 aliphatic carbocycles. The molecule has 4 rings (SSSR count). The standard InChI is InChI=1S/C19H15ClN4/c20-11-13-3-5-15(6-4-13)24-17-7-9-22-12-14(17)10-18(24)16-2-1-8-23-19(16)21/h1-10,12H,11H2,(H2,21,23). The molecule has 0 radical (unpaired) electrons. The summed E-state index contributed by atoms with van der Waals surface area (Å²) in [5.74, 6) is 1.01. The Morgan fingerprint density at radius 2 is 1.88 bits per heavy atom. The fourth-order valence-corrected chi connectivity index (χ4v) is 3.08. The minimum absolute atomic E-state index is 0.499. The Morgan fingerprint density at radius 1 is 1.04 bits per heavy atom. The van der Waals surface area contributed by atoms with Gasteiger partial charge in [-0.25, -0.2) is 4.98 Å². The quantitative estimate of drug-likeness (QED) is 0.565. The van der Waals surface area contributed by atoms with Gasteiger partial charge in [0.2, 0.25) is 0 Å². The monoisotopic (exact) mass is 334 g/mol. The number of nitrogens with zero attached hydrogens (tertiary/aromatic N) is 3. The molecule has 1 aromatic carbocycles. The van der Waals surface area contributed by atoms with Crippen LogP contribution in [0.2, 0.25) is 0 Å². The summed E-state index contributed by atoms with van der Waals surface area (Å²) in [6, 6.07) is 16.2. The molecule has 0 unspecified atom stereocenters. The largest absolute Gasteiger partial charge is 0.383 e. The number of nitrogens with two attached hydrogens (primary N) is 1. The highest BCUT2D eigenvalue weighted by atomic mass is 35.5. The molecule has 4 nitrogen and oxygen atoms in total. The normalized spacial score (nSPS) is 11.0. The minimum Gasteiger partial charge on any atom is -0.383 e. The van der Waals surface area contributed by atoms with Crippen LogP contribution in [0.1, 0.15) is 5.56 Å². The van der Waals surface area contributed by atoms with Gasteiger partial charge in [-0.05, 0) is 42.0 Å². The van der Waals surface area contributed by atoms with Crippen molar-refractivity contribution in [2.45, 2.75) is 5.88 Å². The smallest absolute Gasteiger partial charge is 0.132 e. The molecule has 4 aromatic rings. The minimum atomic E-state index is 0.499. The van der Waals surface area contributed by atoms with E-state index in [0.29, 0.717) is 11.7 Å². The van der Waals surface area contributed by atoms with E-state index >= 15 is 0 Å². The Bertz CT molecular complexity index is 1010. The summed E-state index contributed by atoms with van der Waals surface area (Å²) < 4.78 is 2.17. The summed E-state index contributed by atoms with van der Waals surface area (Å²) in [5, 5.41) is 1.05. The molecule has 0 saturated carbocycles. The molecule has 3 aromatic heterocycles. The van der Waals surface area contributed by atoms with Gasteiger partial charge in [0.05, 0.1) is 11.2 Å². The number of nitrogen functional groups attached to an aromatic ring is 1. The molecule has 0 fully saturated rings. The van der Waals surface area contributed by atoms with Crippen LogP contribution in [-0.4, -0.2) is 14.5 Å². The van der Waals surface area contributed by atoms with E-state index < -0.39 is 0 Å². The highest BCUT2D eigenvalue weighted by molar-refractivity contribution is 6.17. The van der Waals surface area contributed by atoms with Gasteiger partial charge in [0.15, 0.2) is 0 Å². The first-order valence-electron chi connectivity index (χ1n) is 7.59. The van der Waals surface area contributed by atoms with Crippen LogP contribution >= 0.6 is 11.6 Å². The molecule has 24 heavy (non-hydrogen) atoms. The number of hydrogen-bond donors (Lipinski definition) is 1. The number of fused-ring (bicyclic) bond motifs is 1. The van der Waals surface area contributed by atoms with Crippen molar-refractivity contribution in [1.29, 1.82) is 0 Å². The molecular formula is C19H15ClN4. The van der Waals surface area contributed by atoms with Crippen molar-refractivity contribution in [3.63, 3.8) is 0 Å². The number of pyridine rings is 2. The average molecular weight is 335 g/mol. The lowest BCUT2D eigenvalue weighted by Gasteiger charge is -2.12. The van der Waals surface area contributed by atoms with Crippen molar-refractivity contribution >= 4 is 28.3 Å². The Kier molecular flexibility index (Phi) is 3.67. The third kappa shape index (κ3) is 2.41. The van der Waals surface area contributed by atoms with Crippen molar-refractivity contribution in [3.05, 3.63) is 72.7 Å². The summed E-state index contributed by atoms with van der Waals surface area (Å²) in [6.07, 6.45) is 5.35. The molecule has 0 bridgehead atoms. The molecule has 0 aliphatic rings. The molecule has 0 saturated heterocycles. The van der Waals surface area contributed by atoms with Crippen LogP contribution in [0, 0.1) is 0 Å². The highest BCUT2D eigenvalue weighted by Crippen LogP contribution is 2.33. The van der Waals surface area contributed by atoms with Crippen LogP contribution in [0.3, 0.4) is 0 Å². The fourth-order valence-electron chi connectivity index (χ4n) is 2.90. The topological polar surface area (TPSA) is 56.7 Å². The van der Waals surface area contributed by atoms with Gasteiger partial charge in [-0.3, -0.25) is 4.98 Å². The van der Waals surface area contributed by atoms with Crippen LogP contribution in [0.15, 0.2) is 67.1 Å². The fraction of sp³-hybridized carbons (Fsp3) is 0.0526. The van der Waals surface area contributed by atoms with Gasteiger partial charge >= 0.3 is 0 Å². The van der Waals surface area contributed by atoms with Crippen molar-refractivity contribution in [2.24, 2.45) is 0 Å². The number of halogens is 1. The first-order chi connectivity index (χ1) is 11.8. The zero-order valence-electron chi connectivity index (χ0n) is 12.9. The number of aromatic nitrogens is 3. The third-order valence-corrected chi connectivity index (χ3v) is 4.37. The van der Waals surface area contributed by atoms with Gasteiger partial charge in [-0.15, -0.1) is 11.6 Å². The third-order valence-electron chi connectivity index (χ3n) is 4.07. The SMILES string of the molecule is Nc1ncccc1-c1cc2cnccc2n1-c1ccc(CCl)cc1. The predicted octanol–water partition coefficient (Wildman–Crippen LogP) is 4.41. The van der Waals surface area contributed by atoms with Crippen LogP contribution < -0.4 is 5.73 Å². The van der Waals surface area contributed by atoms with Gasteiger partial charge in [0.1, 0.15) is 5.82 Å². The number of benzene rings is 1. The highest BCUT2D eigenvalue weighted by Gasteiger charge is 2.14. The van der Waals surface area contributed by atoms with Gasteiger partial charge in [0, 0.05) is 41.1 Å². The lowest BCUT2D eigenvalue weighted by molar-refractivity contribution is 1.12. The van der Waals surface area contributed by atoms with Crippen molar-refractivity contribution in [1.82, 2.24) is 14.5 Å². The Labute approximate surface area is 144 Å².